The molecule has 0 amide bonds. The highest BCUT2D eigenvalue weighted by molar-refractivity contribution is 8.00. The number of nitrogen functional groups attached to an aromatic ring is 1. The molecule has 0 unspecified atom stereocenters. The number of benzene rings is 1. The lowest BCUT2D eigenvalue weighted by Gasteiger charge is -2.19. The molecular formula is C20H27N3O3S. The minimum Gasteiger partial charge on any atom is -0.384 e. The molecule has 0 aliphatic carbocycles. The van der Waals surface area contributed by atoms with Crippen molar-refractivity contribution in [2.45, 2.75) is 51.5 Å². The first-order valence-corrected chi connectivity index (χ1v) is 9.88. The number of ketones is 1. The Bertz CT molecular complexity index is 935. The van der Waals surface area contributed by atoms with Gasteiger partial charge in [0.15, 0.2) is 5.78 Å². The number of nitrogens with one attached hydrogen (secondary N) is 1. The van der Waals surface area contributed by atoms with E-state index in [1.165, 1.54) is 21.9 Å². The monoisotopic (exact) mass is 389 g/mol. The van der Waals surface area contributed by atoms with Gasteiger partial charge in [-0.25, -0.2) is 4.79 Å². The van der Waals surface area contributed by atoms with Crippen LogP contribution >= 0.6 is 11.8 Å². The first-order valence-electron chi connectivity index (χ1n) is 8.90. The van der Waals surface area contributed by atoms with Gasteiger partial charge in [-0.15, -0.1) is 11.8 Å². The van der Waals surface area contributed by atoms with Gasteiger partial charge < -0.3 is 5.73 Å². The molecule has 0 aliphatic rings. The summed E-state index contributed by atoms with van der Waals surface area (Å²) >= 11 is 1.34. The predicted octanol–water partition coefficient (Wildman–Crippen LogP) is 3.05. The Hall–Kier alpha value is -2.28. The third kappa shape index (κ3) is 5.13. The lowest BCUT2D eigenvalue weighted by molar-refractivity contribution is 0.102. The van der Waals surface area contributed by atoms with Crippen molar-refractivity contribution in [2.75, 3.05) is 11.5 Å². The molecule has 6 nitrogen and oxygen atoms in total. The Morgan fingerprint density at radius 3 is 2.30 bits per heavy atom. The Balaban J connectivity index is 2.21. The number of carbonyl (C=O) groups excluding carboxylic acids is 1. The number of carbonyl (C=O) groups is 1. The number of nitrogens with two attached hydrogens (primary N) is 1. The Morgan fingerprint density at radius 2 is 1.78 bits per heavy atom. The van der Waals surface area contributed by atoms with Gasteiger partial charge in [0.05, 0.1) is 5.75 Å². The van der Waals surface area contributed by atoms with E-state index in [0.717, 1.165) is 4.90 Å². The minimum absolute atomic E-state index is 0.0604. The fourth-order valence-corrected chi connectivity index (χ4v) is 3.45. The second-order valence-corrected chi connectivity index (χ2v) is 9.06. The van der Waals surface area contributed by atoms with Gasteiger partial charge in [-0.2, -0.15) is 0 Å². The molecular weight excluding hydrogens is 362 g/mol. The highest BCUT2D eigenvalue weighted by atomic mass is 32.2. The number of Topliss-reactive ketones (excluding diaryl/α,β-unsaturated/α-hetero) is 1. The molecule has 146 valence electrons. The summed E-state index contributed by atoms with van der Waals surface area (Å²) in [5, 5.41) is 0. The Labute approximate surface area is 163 Å². The second kappa shape index (κ2) is 8.17. The van der Waals surface area contributed by atoms with Gasteiger partial charge in [-0.1, -0.05) is 46.8 Å². The zero-order valence-electron chi connectivity index (χ0n) is 16.5. The van der Waals surface area contributed by atoms with Crippen molar-refractivity contribution in [3.05, 3.63) is 56.2 Å². The van der Waals surface area contributed by atoms with Crippen LogP contribution < -0.4 is 17.0 Å². The number of hydrogen-bond donors (Lipinski definition) is 2. The molecule has 0 saturated carbocycles. The SMILES string of the molecule is CC(C)Cn1c(N)c(C(=O)CSc2ccc(C(C)(C)C)cc2)c(=O)[nH]c1=O. The van der Waals surface area contributed by atoms with Crippen molar-refractivity contribution in [3.8, 4) is 0 Å². The number of hydrogen-bond acceptors (Lipinski definition) is 5. The van der Waals surface area contributed by atoms with Gasteiger partial charge >= 0.3 is 5.69 Å². The Morgan fingerprint density at radius 1 is 1.19 bits per heavy atom. The molecule has 2 aromatic rings. The molecule has 27 heavy (non-hydrogen) atoms. The van der Waals surface area contributed by atoms with Crippen molar-refractivity contribution >= 4 is 23.4 Å². The predicted molar refractivity (Wildman–Crippen MR) is 111 cm³/mol. The minimum atomic E-state index is -0.730. The molecule has 0 saturated heterocycles. The van der Waals surface area contributed by atoms with Crippen LogP contribution in [0.1, 0.15) is 50.5 Å². The summed E-state index contributed by atoms with van der Waals surface area (Å²) in [6.07, 6.45) is 0. The van der Waals surface area contributed by atoms with E-state index in [-0.39, 0.29) is 28.5 Å². The third-order valence-corrected chi connectivity index (χ3v) is 5.17. The van der Waals surface area contributed by atoms with Gasteiger partial charge in [0.2, 0.25) is 0 Å². The molecule has 0 fully saturated rings. The van der Waals surface area contributed by atoms with Crippen LogP contribution in [0.25, 0.3) is 0 Å². The first kappa shape index (κ1) is 21.0. The number of thioether (sulfide) groups is 1. The lowest BCUT2D eigenvalue weighted by atomic mass is 9.87. The Kier molecular flexibility index (Phi) is 6.36. The van der Waals surface area contributed by atoms with E-state index >= 15 is 0 Å². The normalized spacial score (nSPS) is 11.8. The van der Waals surface area contributed by atoms with E-state index < -0.39 is 17.0 Å². The summed E-state index contributed by atoms with van der Waals surface area (Å²) in [5.41, 5.74) is 5.79. The summed E-state index contributed by atoms with van der Waals surface area (Å²) in [6.45, 7) is 10.6. The number of aromatic nitrogens is 2. The zero-order chi connectivity index (χ0) is 20.4. The van der Waals surface area contributed by atoms with Gasteiger partial charge in [0, 0.05) is 11.4 Å². The van der Waals surface area contributed by atoms with Crippen LogP contribution in [0.15, 0.2) is 38.8 Å². The van der Waals surface area contributed by atoms with E-state index in [9.17, 15) is 14.4 Å². The highest BCUT2D eigenvalue weighted by Crippen LogP contribution is 2.26. The summed E-state index contributed by atoms with van der Waals surface area (Å²) in [7, 11) is 0. The molecule has 7 heteroatoms. The van der Waals surface area contributed by atoms with Gasteiger partial charge in [-0.3, -0.25) is 19.1 Å². The summed E-state index contributed by atoms with van der Waals surface area (Å²) < 4.78 is 1.25. The summed E-state index contributed by atoms with van der Waals surface area (Å²) in [5.74, 6) is -0.237. The topological polar surface area (TPSA) is 97.9 Å². The number of rotatable bonds is 6. The first-order chi connectivity index (χ1) is 12.5. The molecule has 0 atom stereocenters. The maximum absolute atomic E-state index is 12.6. The third-order valence-electron chi connectivity index (χ3n) is 4.16. The molecule has 0 radical (unpaired) electrons. The molecule has 3 N–H and O–H groups in total. The lowest BCUT2D eigenvalue weighted by Crippen LogP contribution is -2.37. The fraction of sp³-hybridized carbons (Fsp3) is 0.450. The maximum Gasteiger partial charge on any atom is 0.329 e. The summed E-state index contributed by atoms with van der Waals surface area (Å²) in [4.78, 5) is 39.8. The largest absolute Gasteiger partial charge is 0.384 e. The maximum atomic E-state index is 12.6. The van der Waals surface area contributed by atoms with Crippen LogP contribution in [-0.4, -0.2) is 21.1 Å². The molecule has 0 bridgehead atoms. The van der Waals surface area contributed by atoms with Gasteiger partial charge in [0.25, 0.3) is 5.56 Å². The van der Waals surface area contributed by atoms with Crippen LogP contribution in [0.2, 0.25) is 0 Å². The van der Waals surface area contributed by atoms with Crippen LogP contribution in [0.4, 0.5) is 5.82 Å². The number of anilines is 1. The van der Waals surface area contributed by atoms with Crippen molar-refractivity contribution < 1.29 is 4.79 Å². The molecule has 0 spiro atoms. The molecule has 1 heterocycles. The van der Waals surface area contributed by atoms with E-state index in [2.05, 4.69) is 25.8 Å². The smallest absolute Gasteiger partial charge is 0.329 e. The molecule has 1 aromatic carbocycles. The second-order valence-electron chi connectivity index (χ2n) is 8.01. The number of aromatic amines is 1. The van der Waals surface area contributed by atoms with Crippen LogP contribution in [0, 0.1) is 5.92 Å². The fourth-order valence-electron chi connectivity index (χ4n) is 2.68. The van der Waals surface area contributed by atoms with E-state index in [4.69, 9.17) is 5.73 Å². The van der Waals surface area contributed by atoms with Crippen molar-refractivity contribution in [1.29, 1.82) is 0 Å². The van der Waals surface area contributed by atoms with E-state index in [1.54, 1.807) is 0 Å². The van der Waals surface area contributed by atoms with Gasteiger partial charge in [-0.05, 0) is 29.0 Å². The van der Waals surface area contributed by atoms with E-state index in [0.29, 0.717) is 6.54 Å². The molecule has 0 aliphatic heterocycles. The zero-order valence-corrected chi connectivity index (χ0v) is 17.3. The van der Waals surface area contributed by atoms with Crippen molar-refractivity contribution in [1.82, 2.24) is 9.55 Å². The standard InChI is InChI=1S/C20H27N3O3S/c1-12(2)10-23-17(21)16(18(25)22-19(23)26)15(24)11-27-14-8-6-13(7-9-14)20(3,4)5/h6-9,12H,10-11,21H2,1-5H3,(H,22,25,26). The van der Waals surface area contributed by atoms with E-state index in [1.807, 2.05) is 38.1 Å². The van der Waals surface area contributed by atoms with Gasteiger partial charge in [0.1, 0.15) is 11.4 Å². The average molecular weight is 390 g/mol. The summed E-state index contributed by atoms with van der Waals surface area (Å²) in [6, 6.07) is 8.01. The number of H-pyrrole nitrogens is 1. The number of nitrogens with zero attached hydrogens (tertiary/aromatic N) is 1. The molecule has 2 rings (SSSR count). The van der Waals surface area contributed by atoms with Crippen LogP contribution in [-0.2, 0) is 12.0 Å². The van der Waals surface area contributed by atoms with Crippen molar-refractivity contribution in [2.24, 2.45) is 5.92 Å². The molecule has 1 aromatic heterocycles. The van der Waals surface area contributed by atoms with Crippen LogP contribution in [0.5, 0.6) is 0 Å². The average Bonchev–Trinajstić information content (AvgIpc) is 2.56. The van der Waals surface area contributed by atoms with Crippen molar-refractivity contribution in [3.63, 3.8) is 0 Å². The van der Waals surface area contributed by atoms with Crippen LogP contribution in [0.3, 0.4) is 0 Å². The highest BCUT2D eigenvalue weighted by Gasteiger charge is 2.20. The quantitative estimate of drug-likeness (QED) is 0.584.